The molecule has 1 aromatic rings. The summed E-state index contributed by atoms with van der Waals surface area (Å²) >= 11 is 1.68. The van der Waals surface area contributed by atoms with Crippen molar-refractivity contribution in [2.75, 3.05) is 13.1 Å². The molecule has 3 nitrogen and oxygen atoms in total. The summed E-state index contributed by atoms with van der Waals surface area (Å²) in [5.74, 6) is 0.323. The second kappa shape index (κ2) is 4.78. The highest BCUT2D eigenvalue weighted by molar-refractivity contribution is 7.10. The second-order valence-electron chi connectivity index (χ2n) is 4.93. The molecule has 2 bridgehead atoms. The van der Waals surface area contributed by atoms with Crippen LogP contribution in [0, 0.1) is 0 Å². The quantitative estimate of drug-likeness (QED) is 0.865. The van der Waals surface area contributed by atoms with Crippen molar-refractivity contribution in [3.63, 3.8) is 0 Å². The Morgan fingerprint density at radius 2 is 2.29 bits per heavy atom. The molecule has 2 atom stereocenters. The molecule has 1 amide bonds. The van der Waals surface area contributed by atoms with Crippen LogP contribution in [-0.2, 0) is 11.2 Å². The van der Waals surface area contributed by atoms with E-state index in [-0.39, 0.29) is 0 Å². The number of hydrogen-bond acceptors (Lipinski definition) is 3. The molecular weight excluding hydrogens is 232 g/mol. The summed E-state index contributed by atoms with van der Waals surface area (Å²) in [6.45, 7) is 2.04. The zero-order valence-corrected chi connectivity index (χ0v) is 10.7. The number of hydrogen-bond donors (Lipinski definition) is 1. The average Bonchev–Trinajstić information content (AvgIpc) is 2.85. The van der Waals surface area contributed by atoms with Crippen LogP contribution < -0.4 is 5.32 Å². The SMILES string of the molecule is O=C(Cc1cccs1)N1C2CCNCC1CC2. The molecule has 92 valence electrons. The Kier molecular flexibility index (Phi) is 3.16. The van der Waals surface area contributed by atoms with Gasteiger partial charge in [0.2, 0.25) is 5.91 Å². The van der Waals surface area contributed by atoms with Crippen molar-refractivity contribution in [3.8, 4) is 0 Å². The van der Waals surface area contributed by atoms with Crippen LogP contribution in [-0.4, -0.2) is 36.0 Å². The van der Waals surface area contributed by atoms with Gasteiger partial charge in [-0.2, -0.15) is 0 Å². The Morgan fingerprint density at radius 3 is 3.12 bits per heavy atom. The molecule has 1 N–H and O–H groups in total. The monoisotopic (exact) mass is 250 g/mol. The lowest BCUT2D eigenvalue weighted by Crippen LogP contribution is -2.43. The summed E-state index contributed by atoms with van der Waals surface area (Å²) in [7, 11) is 0. The number of nitrogens with one attached hydrogen (secondary N) is 1. The first-order valence-electron chi connectivity index (χ1n) is 6.39. The van der Waals surface area contributed by atoms with E-state index >= 15 is 0 Å². The Bertz CT molecular complexity index is 376. The molecule has 17 heavy (non-hydrogen) atoms. The molecule has 0 aliphatic carbocycles. The van der Waals surface area contributed by atoms with Gasteiger partial charge in [0.25, 0.3) is 0 Å². The zero-order chi connectivity index (χ0) is 11.7. The number of rotatable bonds is 2. The van der Waals surface area contributed by atoms with Crippen molar-refractivity contribution < 1.29 is 4.79 Å². The Morgan fingerprint density at radius 1 is 1.41 bits per heavy atom. The van der Waals surface area contributed by atoms with E-state index in [1.54, 1.807) is 11.3 Å². The van der Waals surface area contributed by atoms with Crippen LogP contribution in [0.15, 0.2) is 17.5 Å². The Labute approximate surface area is 106 Å². The van der Waals surface area contributed by atoms with Crippen molar-refractivity contribution in [1.29, 1.82) is 0 Å². The van der Waals surface area contributed by atoms with Crippen molar-refractivity contribution in [2.45, 2.75) is 37.8 Å². The summed E-state index contributed by atoms with van der Waals surface area (Å²) < 4.78 is 0. The van der Waals surface area contributed by atoms with Gasteiger partial charge in [0.05, 0.1) is 6.42 Å². The van der Waals surface area contributed by atoms with Crippen LogP contribution >= 0.6 is 11.3 Å². The summed E-state index contributed by atoms with van der Waals surface area (Å²) in [5.41, 5.74) is 0. The van der Waals surface area contributed by atoms with E-state index < -0.39 is 0 Å². The highest BCUT2D eigenvalue weighted by Crippen LogP contribution is 2.28. The maximum atomic E-state index is 12.4. The average molecular weight is 250 g/mol. The molecule has 4 heteroatoms. The fourth-order valence-electron chi connectivity index (χ4n) is 3.04. The molecule has 1 aromatic heterocycles. The normalized spacial score (nSPS) is 28.1. The van der Waals surface area contributed by atoms with Gasteiger partial charge in [0, 0.05) is 23.5 Å². The van der Waals surface area contributed by atoms with Gasteiger partial charge in [-0.05, 0) is 37.3 Å². The van der Waals surface area contributed by atoms with Gasteiger partial charge in [-0.25, -0.2) is 0 Å². The first-order chi connectivity index (χ1) is 8.34. The maximum absolute atomic E-state index is 12.4. The molecule has 0 spiro atoms. The molecule has 3 heterocycles. The first kappa shape index (κ1) is 11.2. The van der Waals surface area contributed by atoms with E-state index in [1.165, 1.54) is 17.7 Å². The number of fused-ring (bicyclic) bond motifs is 2. The molecule has 2 fully saturated rings. The minimum Gasteiger partial charge on any atom is -0.335 e. The first-order valence-corrected chi connectivity index (χ1v) is 7.27. The zero-order valence-electron chi connectivity index (χ0n) is 9.89. The number of amides is 1. The van der Waals surface area contributed by atoms with Gasteiger partial charge in [0.1, 0.15) is 0 Å². The smallest absolute Gasteiger partial charge is 0.228 e. The van der Waals surface area contributed by atoms with Crippen LogP contribution in [0.3, 0.4) is 0 Å². The van der Waals surface area contributed by atoms with Gasteiger partial charge in [-0.1, -0.05) is 6.07 Å². The van der Waals surface area contributed by atoms with Gasteiger partial charge in [0.15, 0.2) is 0 Å². The summed E-state index contributed by atoms with van der Waals surface area (Å²) in [6, 6.07) is 5.00. The fraction of sp³-hybridized carbons (Fsp3) is 0.615. The molecule has 2 aliphatic rings. The lowest BCUT2D eigenvalue weighted by Gasteiger charge is -2.27. The van der Waals surface area contributed by atoms with E-state index in [9.17, 15) is 4.79 Å². The molecule has 0 aromatic carbocycles. The van der Waals surface area contributed by atoms with Crippen LogP contribution in [0.25, 0.3) is 0 Å². The molecule has 3 rings (SSSR count). The number of carbonyl (C=O) groups excluding carboxylic acids is 1. The minimum absolute atomic E-state index is 0.323. The molecular formula is C13H18N2OS. The van der Waals surface area contributed by atoms with E-state index in [1.807, 2.05) is 11.4 Å². The lowest BCUT2D eigenvalue weighted by molar-refractivity contribution is -0.132. The van der Waals surface area contributed by atoms with Gasteiger partial charge >= 0.3 is 0 Å². The van der Waals surface area contributed by atoms with E-state index in [0.29, 0.717) is 24.4 Å². The summed E-state index contributed by atoms with van der Waals surface area (Å²) in [6.07, 6.45) is 4.08. The van der Waals surface area contributed by atoms with Gasteiger partial charge in [-0.15, -0.1) is 11.3 Å². The van der Waals surface area contributed by atoms with E-state index in [4.69, 9.17) is 0 Å². The van der Waals surface area contributed by atoms with Crippen molar-refractivity contribution >= 4 is 17.2 Å². The summed E-state index contributed by atoms with van der Waals surface area (Å²) in [5, 5.41) is 5.47. The molecule has 2 aliphatic heterocycles. The molecule has 2 saturated heterocycles. The van der Waals surface area contributed by atoms with Crippen LogP contribution in [0.2, 0.25) is 0 Å². The Hall–Kier alpha value is -0.870. The third-order valence-corrected chi connectivity index (χ3v) is 4.72. The largest absolute Gasteiger partial charge is 0.335 e. The maximum Gasteiger partial charge on any atom is 0.228 e. The van der Waals surface area contributed by atoms with Crippen LogP contribution in [0.1, 0.15) is 24.1 Å². The number of nitrogens with zero attached hydrogens (tertiary/aromatic N) is 1. The van der Waals surface area contributed by atoms with Gasteiger partial charge < -0.3 is 10.2 Å². The lowest BCUT2D eigenvalue weighted by atomic mass is 10.1. The summed E-state index contributed by atoms with van der Waals surface area (Å²) in [4.78, 5) is 15.7. The predicted molar refractivity (Wildman–Crippen MR) is 69.2 cm³/mol. The standard InChI is InChI=1S/C13H18N2OS/c16-13(8-12-2-1-7-17-12)15-10-3-4-11(15)9-14-6-5-10/h1-2,7,10-11,14H,3-6,8-9H2. The van der Waals surface area contributed by atoms with Crippen molar-refractivity contribution in [2.24, 2.45) is 0 Å². The third kappa shape index (κ3) is 2.24. The predicted octanol–water partition coefficient (Wildman–Crippen LogP) is 1.64. The van der Waals surface area contributed by atoms with E-state index in [2.05, 4.69) is 16.3 Å². The highest BCUT2D eigenvalue weighted by atomic mass is 32.1. The topological polar surface area (TPSA) is 32.3 Å². The third-order valence-electron chi connectivity index (χ3n) is 3.85. The molecule has 0 radical (unpaired) electrons. The van der Waals surface area contributed by atoms with Gasteiger partial charge in [-0.3, -0.25) is 4.79 Å². The van der Waals surface area contributed by atoms with Crippen LogP contribution in [0.5, 0.6) is 0 Å². The molecule has 0 saturated carbocycles. The van der Waals surface area contributed by atoms with E-state index in [0.717, 1.165) is 19.5 Å². The van der Waals surface area contributed by atoms with Crippen molar-refractivity contribution in [1.82, 2.24) is 10.2 Å². The second-order valence-corrected chi connectivity index (χ2v) is 5.97. The fourth-order valence-corrected chi connectivity index (χ4v) is 3.74. The number of carbonyl (C=O) groups is 1. The number of thiophene rings is 1. The van der Waals surface area contributed by atoms with Crippen LogP contribution in [0.4, 0.5) is 0 Å². The van der Waals surface area contributed by atoms with Crippen molar-refractivity contribution in [3.05, 3.63) is 22.4 Å². The Balaban J connectivity index is 1.72. The molecule has 2 unspecified atom stereocenters. The highest BCUT2D eigenvalue weighted by Gasteiger charge is 2.37. The minimum atomic E-state index is 0.323.